The van der Waals surface area contributed by atoms with Gasteiger partial charge in [-0.15, -0.1) is 0 Å². The Morgan fingerprint density at radius 3 is 2.49 bits per heavy atom. The van der Waals surface area contributed by atoms with Crippen LogP contribution in [0.2, 0.25) is 0 Å². The Kier molecular flexibility index (Phi) is 17.6. The molecule has 0 aromatic heterocycles. The summed E-state index contributed by atoms with van der Waals surface area (Å²) in [7, 11) is 2.06. The molecule has 91 heavy (non-hydrogen) atoms. The first-order valence-corrected chi connectivity index (χ1v) is 35.1. The van der Waals surface area contributed by atoms with Crippen molar-refractivity contribution >= 4 is 17.5 Å². The largest absolute Gasteiger partial charge is 0.508 e. The van der Waals surface area contributed by atoms with Crippen molar-refractivity contribution in [2.24, 2.45) is 58.2 Å². The maximum absolute atomic E-state index is 15.6. The summed E-state index contributed by atoms with van der Waals surface area (Å²) in [5.41, 5.74) is 9.07. The normalized spacial score (nSPS) is 33.5. The zero-order valence-electron chi connectivity index (χ0n) is 54.2. The first kappa shape index (κ1) is 62.3. The number of phenolic OH excluding ortho intramolecular Hbond substituents is 1. The van der Waals surface area contributed by atoms with Crippen molar-refractivity contribution in [3.05, 3.63) is 165 Å². The third kappa shape index (κ3) is 11.8. The van der Waals surface area contributed by atoms with Crippen LogP contribution in [0, 0.1) is 70.0 Å². The second kappa shape index (κ2) is 25.6. The second-order valence-corrected chi connectivity index (χ2v) is 29.7. The van der Waals surface area contributed by atoms with Gasteiger partial charge in [-0.25, -0.2) is 9.59 Å². The number of carbonyl (C=O) groups excluding carboxylic acids is 2. The lowest BCUT2D eigenvalue weighted by molar-refractivity contribution is -0.135. The number of benzene rings is 4. The van der Waals surface area contributed by atoms with Gasteiger partial charge in [0.15, 0.2) is 0 Å². The number of ether oxygens (including phenoxy) is 2. The van der Waals surface area contributed by atoms with Crippen LogP contribution in [-0.4, -0.2) is 77.9 Å². The number of allylic oxidation sites excluding steroid dienone is 5. The average Bonchev–Trinajstić information content (AvgIpc) is 1.60. The van der Waals surface area contributed by atoms with E-state index in [1.54, 1.807) is 6.07 Å². The van der Waals surface area contributed by atoms with Crippen LogP contribution in [-0.2, 0) is 45.0 Å². The van der Waals surface area contributed by atoms with Gasteiger partial charge in [0, 0.05) is 55.1 Å². The van der Waals surface area contributed by atoms with Gasteiger partial charge in [0.1, 0.15) is 17.3 Å². The van der Waals surface area contributed by atoms with E-state index in [-0.39, 0.29) is 76.7 Å². The minimum absolute atomic E-state index is 0.00461. The number of esters is 2. The molecule has 0 radical (unpaired) electrons. The molecule has 12 aliphatic rings. The molecule has 6 heterocycles. The summed E-state index contributed by atoms with van der Waals surface area (Å²) in [6.45, 7) is 10.7. The number of carbonyl (C=O) groups is 2. The molecule has 6 aliphatic heterocycles. The first-order chi connectivity index (χ1) is 44.2. The highest BCUT2D eigenvalue weighted by molar-refractivity contribution is 6.07. The van der Waals surface area contributed by atoms with E-state index >= 15 is 9.59 Å². The molecule has 4 aromatic carbocycles. The molecular weight excluding hydrogens is 1130 g/mol. The van der Waals surface area contributed by atoms with Gasteiger partial charge in [-0.3, -0.25) is 0 Å². The number of hydrogen-bond donors (Lipinski definition) is 8. The summed E-state index contributed by atoms with van der Waals surface area (Å²) < 4.78 is 13.7. The van der Waals surface area contributed by atoms with Crippen molar-refractivity contribution in [2.45, 2.75) is 179 Å². The van der Waals surface area contributed by atoms with Crippen LogP contribution >= 0.6 is 0 Å². The van der Waals surface area contributed by atoms with Gasteiger partial charge in [-0.05, 0) is 258 Å². The molecule has 2 saturated heterocycles. The van der Waals surface area contributed by atoms with Crippen molar-refractivity contribution in [1.82, 2.24) is 26.6 Å². The number of nitrogens with one attached hydrogen (secondary N) is 5. The minimum Gasteiger partial charge on any atom is -0.508 e. The molecule has 4 aromatic rings. The van der Waals surface area contributed by atoms with E-state index in [9.17, 15) is 15.3 Å². The number of rotatable bonds is 11. The van der Waals surface area contributed by atoms with Crippen LogP contribution in [0.1, 0.15) is 169 Å². The number of piperidine rings is 1. The Labute approximate surface area is 540 Å². The Bertz CT molecular complexity index is 3620. The van der Waals surface area contributed by atoms with E-state index in [4.69, 9.17) is 9.47 Å². The van der Waals surface area contributed by atoms with Crippen LogP contribution < -0.4 is 26.6 Å². The Morgan fingerprint density at radius 1 is 0.813 bits per heavy atom. The van der Waals surface area contributed by atoms with E-state index in [0.717, 1.165) is 161 Å². The molecule has 480 valence electrons. The third-order valence-electron chi connectivity index (χ3n) is 24.0. The van der Waals surface area contributed by atoms with Gasteiger partial charge >= 0.3 is 11.9 Å². The lowest BCUT2D eigenvalue weighted by Crippen LogP contribution is -2.52. The highest BCUT2D eigenvalue weighted by atomic mass is 16.6. The number of β-amino-alcohol motifs (C(OH)–C–C–N with tert-alkyl or cyclic N) is 1. The quantitative estimate of drug-likeness (QED) is 0.0406. The number of phenols is 1. The fourth-order valence-corrected chi connectivity index (χ4v) is 19.6. The van der Waals surface area contributed by atoms with Crippen molar-refractivity contribution in [3.8, 4) is 28.7 Å². The van der Waals surface area contributed by atoms with Crippen LogP contribution in [0.4, 0.5) is 0 Å². The summed E-state index contributed by atoms with van der Waals surface area (Å²) in [6, 6.07) is 32.1. The van der Waals surface area contributed by atoms with Crippen LogP contribution in [0.25, 0.3) is 16.7 Å². The molecule has 12 heteroatoms. The molecule has 6 aliphatic carbocycles. The SMILES string of the molecule is CCCNCc1cc2cc(c1)C1NCC(C)(O)CC#CC(C3(O)CCCC3)CC3CC(C4CCNC(NC)C4)(CC=C4OC(=O)C5=C4CCC4C6CCC7(C(=CC(CC)Cc8ccccc8)OC(=O)C7=C6c6cc(O)ccc6-c6cccc(c6)CNCC2)C54)CC31. The van der Waals surface area contributed by atoms with Gasteiger partial charge in [0.2, 0.25) is 0 Å². The van der Waals surface area contributed by atoms with Gasteiger partial charge in [-0.2, -0.15) is 0 Å². The predicted molar refractivity (Wildman–Crippen MR) is 357 cm³/mol. The monoisotopic (exact) mass is 1230 g/mol. The molecule has 0 amide bonds. The maximum Gasteiger partial charge on any atom is 0.340 e. The van der Waals surface area contributed by atoms with Crippen LogP contribution in [0.3, 0.4) is 0 Å². The van der Waals surface area contributed by atoms with Crippen LogP contribution in [0.15, 0.2) is 131 Å². The Morgan fingerprint density at radius 2 is 1.67 bits per heavy atom. The standard InChI is InChI=1S/C79H97N5O7/c1-5-32-81-47-53-36-51-25-33-82-46-52-16-12-17-54(38-52)60-20-19-59(85)43-64(60)69-61-23-31-79(67(91-75(87)72(69)79)40-49(6-2)35-50-14-8-7-9-15-50)71-62(61)21-22-63-66(90-74(86)70(63)71)24-30-77(57-26-34-83-68(42-57)80-4)44-56-41-58(78(89)28-10-11-29-78)18-13-27-76(3,88)48-84-73(65(56)45-77)55(37-51)39-53/h7-9,12,14-17,19-20,24,36-40,43,49,56-58,61-62,65,68,71,73,80-85,88-89H,5-6,10-11,21-23,25-35,41-42,44-48H2,1-4H3. The lowest BCUT2D eigenvalue weighted by Gasteiger charge is -2.56. The Hall–Kier alpha value is -6.14. The first-order valence-electron chi connectivity index (χ1n) is 35.1. The van der Waals surface area contributed by atoms with Gasteiger partial charge in [0.25, 0.3) is 0 Å². The topological polar surface area (TPSA) is 173 Å². The van der Waals surface area contributed by atoms with E-state index < -0.39 is 16.6 Å². The van der Waals surface area contributed by atoms with E-state index in [1.807, 2.05) is 25.1 Å². The fourth-order valence-electron chi connectivity index (χ4n) is 19.6. The van der Waals surface area contributed by atoms with Gasteiger partial charge < -0.3 is 51.4 Å². The van der Waals surface area contributed by atoms with E-state index in [2.05, 4.69) is 138 Å². The number of hydrogen-bond acceptors (Lipinski definition) is 12. The van der Waals surface area contributed by atoms with Crippen molar-refractivity contribution in [1.29, 1.82) is 0 Å². The lowest BCUT2D eigenvalue weighted by atomic mass is 9.44. The average molecular weight is 1230 g/mol. The Balaban J connectivity index is 0.958. The van der Waals surface area contributed by atoms with Crippen molar-refractivity contribution < 1.29 is 34.4 Å². The summed E-state index contributed by atoms with van der Waals surface area (Å²) in [4.78, 5) is 31.1. The fraction of sp³-hybridized carbons (Fsp3) is 0.544. The van der Waals surface area contributed by atoms with Gasteiger partial charge in [0.05, 0.1) is 28.4 Å². The zero-order chi connectivity index (χ0) is 62.7. The summed E-state index contributed by atoms with van der Waals surface area (Å²) in [5.74, 6) is 8.04. The highest BCUT2D eigenvalue weighted by Crippen LogP contribution is 2.72. The number of aromatic hydroxyl groups is 1. The molecule has 14 bridgehead atoms. The second-order valence-electron chi connectivity index (χ2n) is 29.7. The molecular formula is C79H97N5O7. The van der Waals surface area contributed by atoms with E-state index in [1.165, 1.54) is 22.3 Å². The van der Waals surface area contributed by atoms with Gasteiger partial charge in [-0.1, -0.05) is 111 Å². The molecule has 3 saturated carbocycles. The molecule has 13 atom stereocenters. The van der Waals surface area contributed by atoms with E-state index in [0.29, 0.717) is 61.8 Å². The van der Waals surface area contributed by atoms with Crippen LogP contribution in [0.5, 0.6) is 5.75 Å². The molecule has 12 nitrogen and oxygen atoms in total. The number of aliphatic hydroxyl groups is 2. The number of fused-ring (bicyclic) bond motifs is 5. The molecule has 8 N–H and O–H groups in total. The summed E-state index contributed by atoms with van der Waals surface area (Å²) in [5, 5.41) is 55.8. The maximum atomic E-state index is 15.6. The predicted octanol–water partition coefficient (Wildman–Crippen LogP) is 12.6. The molecule has 16 rings (SSSR count). The highest BCUT2D eigenvalue weighted by Gasteiger charge is 2.69. The third-order valence-corrected chi connectivity index (χ3v) is 24.0. The molecule has 5 fully saturated rings. The molecule has 13 unspecified atom stereocenters. The smallest absolute Gasteiger partial charge is 0.340 e. The summed E-state index contributed by atoms with van der Waals surface area (Å²) in [6.07, 6.45) is 20.2. The van der Waals surface area contributed by atoms with Crippen molar-refractivity contribution in [2.75, 3.05) is 33.2 Å². The molecule has 1 spiro atoms. The minimum atomic E-state index is -1.11. The van der Waals surface area contributed by atoms with Crippen molar-refractivity contribution in [3.63, 3.8) is 0 Å². The zero-order valence-corrected chi connectivity index (χ0v) is 54.2. The summed E-state index contributed by atoms with van der Waals surface area (Å²) >= 11 is 0. The number of cyclic esters (lactones) is 1.